The van der Waals surface area contributed by atoms with E-state index in [2.05, 4.69) is 59.1 Å². The van der Waals surface area contributed by atoms with Gasteiger partial charge in [-0.1, -0.05) is 34.1 Å². The molecule has 1 N–H and O–H groups in total. The number of benzene rings is 2. The Morgan fingerprint density at radius 2 is 1.86 bits per heavy atom. The smallest absolute Gasteiger partial charge is 0.307 e. The van der Waals surface area contributed by atoms with Gasteiger partial charge in [0, 0.05) is 32.5 Å². The van der Waals surface area contributed by atoms with E-state index < -0.39 is 5.91 Å². The molecule has 5 nitrogen and oxygen atoms in total. The van der Waals surface area contributed by atoms with Gasteiger partial charge in [-0.05, 0) is 66.2 Å². The lowest BCUT2D eigenvalue weighted by Crippen LogP contribution is -2.16. The number of hydrogen-bond acceptors (Lipinski definition) is 3. The number of amides is 1. The summed E-state index contributed by atoms with van der Waals surface area (Å²) in [5, 5.41) is 4.94. The first-order chi connectivity index (χ1) is 13.9. The Morgan fingerprint density at radius 1 is 1.10 bits per heavy atom. The summed E-state index contributed by atoms with van der Waals surface area (Å²) < 4.78 is 9.49. The summed E-state index contributed by atoms with van der Waals surface area (Å²) in [5.74, 6) is -0.206. The van der Waals surface area contributed by atoms with Gasteiger partial charge in [0.05, 0.1) is 10.7 Å². The second-order valence-electron chi connectivity index (χ2n) is 6.61. The van der Waals surface area contributed by atoms with Crippen molar-refractivity contribution in [1.82, 2.24) is 9.99 Å². The summed E-state index contributed by atoms with van der Waals surface area (Å²) in [7, 11) is 0. The Kier molecular flexibility index (Phi) is 5.43. The number of halogens is 2. The lowest BCUT2D eigenvalue weighted by Gasteiger charge is -2.08. The number of nitrogens with one attached hydrogen (secondary N) is 1. The number of furan rings is 1. The van der Waals surface area contributed by atoms with E-state index in [0.717, 1.165) is 37.0 Å². The van der Waals surface area contributed by atoms with Crippen molar-refractivity contribution >= 4 is 55.0 Å². The second kappa shape index (κ2) is 8.00. The van der Waals surface area contributed by atoms with Gasteiger partial charge in [0.2, 0.25) is 0 Å². The molecule has 0 radical (unpaired) electrons. The van der Waals surface area contributed by atoms with E-state index in [9.17, 15) is 4.79 Å². The molecular weight excluding hydrogens is 498 g/mol. The summed E-state index contributed by atoms with van der Waals surface area (Å²) >= 11 is 6.87. The predicted molar refractivity (Wildman–Crippen MR) is 122 cm³/mol. The van der Waals surface area contributed by atoms with E-state index in [1.54, 1.807) is 12.3 Å². The number of para-hydroxylation sites is 1. The number of hydrogen-bond donors (Lipinski definition) is 1. The second-order valence-corrected chi connectivity index (χ2v) is 8.38. The number of nitrogens with zero attached hydrogens (tertiary/aromatic N) is 2. The SMILES string of the molecule is Cc1cc(/C=N/NC(=O)c2cc3cc(Br)cc(Br)c3o2)c(C)n1-c1ccccc1. The monoisotopic (exact) mass is 513 g/mol. The number of rotatable bonds is 4. The number of aryl methyl sites for hydroxylation is 1. The molecule has 0 bridgehead atoms. The average molecular weight is 515 g/mol. The minimum Gasteiger partial charge on any atom is -0.450 e. The summed E-state index contributed by atoms with van der Waals surface area (Å²) in [6.45, 7) is 4.07. The molecule has 146 valence electrons. The molecule has 0 unspecified atom stereocenters. The van der Waals surface area contributed by atoms with Crippen LogP contribution in [0.15, 0.2) is 73.1 Å². The summed E-state index contributed by atoms with van der Waals surface area (Å²) in [6, 6.07) is 17.6. The van der Waals surface area contributed by atoms with Crippen molar-refractivity contribution in [3.8, 4) is 5.69 Å². The van der Waals surface area contributed by atoms with Gasteiger partial charge in [-0.15, -0.1) is 0 Å². The number of aromatic nitrogens is 1. The fourth-order valence-corrected chi connectivity index (χ4v) is 4.64. The van der Waals surface area contributed by atoms with Crippen LogP contribution < -0.4 is 5.43 Å². The normalized spacial score (nSPS) is 11.4. The lowest BCUT2D eigenvalue weighted by molar-refractivity contribution is 0.0929. The van der Waals surface area contributed by atoms with Crippen molar-refractivity contribution < 1.29 is 9.21 Å². The highest BCUT2D eigenvalue weighted by Crippen LogP contribution is 2.31. The molecule has 2 aromatic carbocycles. The lowest BCUT2D eigenvalue weighted by atomic mass is 10.2. The number of carbonyl (C=O) groups is 1. The van der Waals surface area contributed by atoms with E-state index in [0.29, 0.717) is 5.58 Å². The van der Waals surface area contributed by atoms with Gasteiger partial charge in [-0.2, -0.15) is 5.10 Å². The maximum absolute atomic E-state index is 12.4. The van der Waals surface area contributed by atoms with E-state index >= 15 is 0 Å². The van der Waals surface area contributed by atoms with Crippen LogP contribution in [0, 0.1) is 13.8 Å². The molecule has 7 heteroatoms. The third-order valence-corrected chi connectivity index (χ3v) is 5.66. The van der Waals surface area contributed by atoms with E-state index in [4.69, 9.17) is 4.42 Å². The van der Waals surface area contributed by atoms with Crippen LogP contribution in [-0.2, 0) is 0 Å². The van der Waals surface area contributed by atoms with Crippen LogP contribution in [0.4, 0.5) is 0 Å². The largest absolute Gasteiger partial charge is 0.450 e. The highest BCUT2D eigenvalue weighted by atomic mass is 79.9. The van der Waals surface area contributed by atoms with Crippen LogP contribution in [0.1, 0.15) is 27.5 Å². The van der Waals surface area contributed by atoms with Gasteiger partial charge in [0.15, 0.2) is 5.76 Å². The summed E-state index contributed by atoms with van der Waals surface area (Å²) in [6.07, 6.45) is 1.65. The van der Waals surface area contributed by atoms with Crippen molar-refractivity contribution in [1.29, 1.82) is 0 Å². The predicted octanol–water partition coefficient (Wildman–Crippen LogP) is 6.13. The maximum atomic E-state index is 12.4. The topological polar surface area (TPSA) is 59.5 Å². The van der Waals surface area contributed by atoms with E-state index in [1.807, 2.05) is 50.2 Å². The minimum atomic E-state index is -0.405. The Morgan fingerprint density at radius 3 is 2.62 bits per heavy atom. The summed E-state index contributed by atoms with van der Waals surface area (Å²) in [4.78, 5) is 12.4. The molecule has 4 aromatic rings. The molecule has 0 fully saturated rings. The molecule has 0 aliphatic carbocycles. The first kappa shape index (κ1) is 19.7. The number of hydrazone groups is 1. The van der Waals surface area contributed by atoms with Gasteiger partial charge >= 0.3 is 5.91 Å². The fourth-order valence-electron chi connectivity index (χ4n) is 3.30. The third kappa shape index (κ3) is 3.93. The standard InChI is InChI=1S/C22H17Br2N3O2/c1-13-8-16(14(2)27(13)18-6-4-3-5-7-18)12-25-26-22(28)20-10-15-9-17(23)11-19(24)21(15)29-20/h3-12H,1-2H3,(H,26,28)/b25-12+. The molecule has 0 saturated heterocycles. The van der Waals surface area contributed by atoms with Crippen molar-refractivity contribution in [2.24, 2.45) is 5.10 Å². The Labute approximate surface area is 184 Å². The molecule has 2 heterocycles. The molecule has 0 saturated carbocycles. The maximum Gasteiger partial charge on any atom is 0.307 e. The van der Waals surface area contributed by atoms with Gasteiger partial charge in [0.25, 0.3) is 0 Å². The number of fused-ring (bicyclic) bond motifs is 1. The van der Waals surface area contributed by atoms with Crippen molar-refractivity contribution in [3.05, 3.63) is 86.3 Å². The molecule has 0 aliphatic heterocycles. The summed E-state index contributed by atoms with van der Waals surface area (Å²) in [5.41, 5.74) is 7.32. The zero-order valence-corrected chi connectivity index (χ0v) is 18.9. The molecule has 1 amide bonds. The first-order valence-corrected chi connectivity index (χ1v) is 10.5. The highest BCUT2D eigenvalue weighted by Gasteiger charge is 2.14. The van der Waals surface area contributed by atoms with Crippen LogP contribution in [-0.4, -0.2) is 16.7 Å². The van der Waals surface area contributed by atoms with Gasteiger partial charge in [-0.3, -0.25) is 4.79 Å². The van der Waals surface area contributed by atoms with Gasteiger partial charge in [0.1, 0.15) is 5.58 Å². The molecule has 2 aromatic heterocycles. The van der Waals surface area contributed by atoms with Gasteiger partial charge < -0.3 is 8.98 Å². The Bertz CT molecular complexity index is 1240. The first-order valence-electron chi connectivity index (χ1n) is 8.90. The zero-order chi connectivity index (χ0) is 20.5. The molecular formula is C22H17Br2N3O2. The van der Waals surface area contributed by atoms with E-state index in [-0.39, 0.29) is 5.76 Å². The van der Waals surface area contributed by atoms with Crippen LogP contribution in [0.25, 0.3) is 16.7 Å². The van der Waals surface area contributed by atoms with Crippen LogP contribution in [0.5, 0.6) is 0 Å². The van der Waals surface area contributed by atoms with Crippen LogP contribution in [0.3, 0.4) is 0 Å². The van der Waals surface area contributed by atoms with Crippen LogP contribution in [0.2, 0.25) is 0 Å². The Balaban J connectivity index is 1.54. The van der Waals surface area contributed by atoms with Crippen molar-refractivity contribution in [2.45, 2.75) is 13.8 Å². The number of carbonyl (C=O) groups excluding carboxylic acids is 1. The molecule has 0 atom stereocenters. The molecule has 4 rings (SSSR count). The highest BCUT2D eigenvalue weighted by molar-refractivity contribution is 9.11. The fraction of sp³-hybridized carbons (Fsp3) is 0.0909. The molecule has 29 heavy (non-hydrogen) atoms. The minimum absolute atomic E-state index is 0.200. The quantitative estimate of drug-likeness (QED) is 0.263. The van der Waals surface area contributed by atoms with Crippen molar-refractivity contribution in [3.63, 3.8) is 0 Å². The zero-order valence-electron chi connectivity index (χ0n) is 15.7. The Hall–Kier alpha value is -2.64. The average Bonchev–Trinajstić information content (AvgIpc) is 3.23. The van der Waals surface area contributed by atoms with Crippen molar-refractivity contribution in [2.75, 3.05) is 0 Å². The van der Waals surface area contributed by atoms with E-state index in [1.165, 1.54) is 0 Å². The molecule has 0 spiro atoms. The third-order valence-electron chi connectivity index (χ3n) is 4.61. The molecule has 0 aliphatic rings. The van der Waals surface area contributed by atoms with Gasteiger partial charge in [-0.25, -0.2) is 5.43 Å². The van der Waals surface area contributed by atoms with Crippen LogP contribution >= 0.6 is 31.9 Å².